The van der Waals surface area contributed by atoms with Gasteiger partial charge in [-0.25, -0.2) is 4.39 Å². The fourth-order valence-electron chi connectivity index (χ4n) is 2.69. The van der Waals surface area contributed by atoms with E-state index in [2.05, 4.69) is 4.90 Å². The Morgan fingerprint density at radius 1 is 1.33 bits per heavy atom. The van der Waals surface area contributed by atoms with Gasteiger partial charge in [0.1, 0.15) is 5.82 Å². The Bertz CT molecular complexity index is 468. The van der Waals surface area contributed by atoms with Crippen molar-refractivity contribution in [2.45, 2.75) is 18.9 Å². The van der Waals surface area contributed by atoms with Crippen LogP contribution in [0.4, 0.5) is 4.39 Å². The number of aliphatic hydroxyl groups excluding tert-OH is 1. The SMILES string of the molecule is CN(C)C(=O)CN1CCC(C(O)c2ccc(F)cc2)CC1. The predicted molar refractivity (Wildman–Crippen MR) is 79.2 cm³/mol. The van der Waals surface area contributed by atoms with E-state index in [0.29, 0.717) is 6.54 Å². The van der Waals surface area contributed by atoms with Crippen molar-refractivity contribution < 1.29 is 14.3 Å². The van der Waals surface area contributed by atoms with Gasteiger partial charge in [0, 0.05) is 14.1 Å². The van der Waals surface area contributed by atoms with Crippen LogP contribution in [0.5, 0.6) is 0 Å². The Morgan fingerprint density at radius 3 is 2.43 bits per heavy atom. The molecular weight excluding hydrogens is 271 g/mol. The van der Waals surface area contributed by atoms with E-state index in [1.54, 1.807) is 31.1 Å². The number of carbonyl (C=O) groups is 1. The molecule has 0 spiro atoms. The van der Waals surface area contributed by atoms with Crippen LogP contribution in [0.1, 0.15) is 24.5 Å². The lowest BCUT2D eigenvalue weighted by Crippen LogP contribution is -2.42. The molecule has 2 rings (SSSR count). The number of benzene rings is 1. The molecule has 116 valence electrons. The summed E-state index contributed by atoms with van der Waals surface area (Å²) >= 11 is 0. The molecule has 1 atom stereocenters. The van der Waals surface area contributed by atoms with E-state index in [1.165, 1.54) is 12.1 Å². The van der Waals surface area contributed by atoms with Crippen LogP contribution in [0.15, 0.2) is 24.3 Å². The fourth-order valence-corrected chi connectivity index (χ4v) is 2.69. The van der Waals surface area contributed by atoms with Crippen LogP contribution in [0, 0.1) is 11.7 Å². The number of piperidine rings is 1. The molecule has 1 saturated heterocycles. The second kappa shape index (κ2) is 7.00. The molecule has 1 amide bonds. The van der Waals surface area contributed by atoms with E-state index in [1.807, 2.05) is 0 Å². The highest BCUT2D eigenvalue weighted by Gasteiger charge is 2.27. The molecule has 1 unspecified atom stereocenters. The number of likely N-dealkylation sites (tertiary alicyclic amines) is 1. The number of halogens is 1. The molecular formula is C16H23FN2O2. The Hall–Kier alpha value is -1.46. The number of carbonyl (C=O) groups excluding carboxylic acids is 1. The molecule has 0 bridgehead atoms. The lowest BCUT2D eigenvalue weighted by Gasteiger charge is -2.34. The van der Waals surface area contributed by atoms with Gasteiger partial charge in [0.25, 0.3) is 0 Å². The molecule has 1 aliphatic rings. The zero-order valence-corrected chi connectivity index (χ0v) is 12.6. The van der Waals surface area contributed by atoms with Crippen molar-refractivity contribution in [1.29, 1.82) is 0 Å². The van der Waals surface area contributed by atoms with Crippen molar-refractivity contribution in [3.63, 3.8) is 0 Å². The lowest BCUT2D eigenvalue weighted by atomic mass is 9.87. The van der Waals surface area contributed by atoms with Gasteiger partial charge >= 0.3 is 0 Å². The van der Waals surface area contributed by atoms with Crippen molar-refractivity contribution in [3.8, 4) is 0 Å². The van der Waals surface area contributed by atoms with Gasteiger partial charge in [0.15, 0.2) is 0 Å². The highest BCUT2D eigenvalue weighted by molar-refractivity contribution is 5.77. The first kappa shape index (κ1) is 15.9. The zero-order valence-electron chi connectivity index (χ0n) is 12.6. The first-order chi connectivity index (χ1) is 9.97. The molecule has 1 heterocycles. The number of hydrogen-bond acceptors (Lipinski definition) is 3. The van der Waals surface area contributed by atoms with Crippen LogP contribution in [0.2, 0.25) is 0 Å². The van der Waals surface area contributed by atoms with Crippen molar-refractivity contribution in [3.05, 3.63) is 35.6 Å². The Labute approximate surface area is 125 Å². The second-order valence-corrected chi connectivity index (χ2v) is 5.90. The van der Waals surface area contributed by atoms with Gasteiger partial charge in [-0.2, -0.15) is 0 Å². The third kappa shape index (κ3) is 4.25. The minimum Gasteiger partial charge on any atom is -0.388 e. The fraction of sp³-hybridized carbons (Fsp3) is 0.562. The lowest BCUT2D eigenvalue weighted by molar-refractivity contribution is -0.130. The monoisotopic (exact) mass is 294 g/mol. The molecule has 21 heavy (non-hydrogen) atoms. The van der Waals surface area contributed by atoms with Crippen LogP contribution in [0.25, 0.3) is 0 Å². The summed E-state index contributed by atoms with van der Waals surface area (Å²) in [6.45, 7) is 2.05. The Morgan fingerprint density at radius 2 is 1.90 bits per heavy atom. The molecule has 0 radical (unpaired) electrons. The molecule has 4 nitrogen and oxygen atoms in total. The predicted octanol–water partition coefficient (Wildman–Crippen LogP) is 1.66. The number of rotatable bonds is 4. The van der Waals surface area contributed by atoms with E-state index in [0.717, 1.165) is 31.5 Å². The Balaban J connectivity index is 1.86. The summed E-state index contributed by atoms with van der Waals surface area (Å²) in [5, 5.41) is 10.4. The topological polar surface area (TPSA) is 43.8 Å². The second-order valence-electron chi connectivity index (χ2n) is 5.90. The van der Waals surface area contributed by atoms with Crippen molar-refractivity contribution in [2.24, 2.45) is 5.92 Å². The molecule has 1 N–H and O–H groups in total. The van der Waals surface area contributed by atoms with Gasteiger partial charge < -0.3 is 10.0 Å². The average molecular weight is 294 g/mol. The standard InChI is InChI=1S/C16H23FN2O2/c1-18(2)15(20)11-19-9-7-13(8-10-19)16(21)12-3-5-14(17)6-4-12/h3-6,13,16,21H,7-11H2,1-2H3. The van der Waals surface area contributed by atoms with Gasteiger partial charge in [-0.05, 0) is 49.5 Å². The first-order valence-corrected chi connectivity index (χ1v) is 7.33. The normalized spacial score (nSPS) is 18.5. The van der Waals surface area contributed by atoms with Crippen LogP contribution < -0.4 is 0 Å². The Kier molecular flexibility index (Phi) is 5.31. The summed E-state index contributed by atoms with van der Waals surface area (Å²) in [5.41, 5.74) is 0.763. The first-order valence-electron chi connectivity index (χ1n) is 7.33. The summed E-state index contributed by atoms with van der Waals surface area (Å²) in [6.07, 6.45) is 1.13. The summed E-state index contributed by atoms with van der Waals surface area (Å²) in [7, 11) is 3.51. The maximum Gasteiger partial charge on any atom is 0.236 e. The summed E-state index contributed by atoms with van der Waals surface area (Å²) in [4.78, 5) is 15.4. The maximum atomic E-state index is 12.9. The summed E-state index contributed by atoms with van der Waals surface area (Å²) in [5.74, 6) is -0.0170. The van der Waals surface area contributed by atoms with E-state index in [9.17, 15) is 14.3 Å². The molecule has 1 aromatic carbocycles. The molecule has 0 saturated carbocycles. The number of aliphatic hydroxyl groups is 1. The highest BCUT2D eigenvalue weighted by Crippen LogP contribution is 2.30. The van der Waals surface area contributed by atoms with Crippen molar-refractivity contribution in [1.82, 2.24) is 9.80 Å². The minimum absolute atomic E-state index is 0.104. The van der Waals surface area contributed by atoms with E-state index in [4.69, 9.17) is 0 Å². The number of nitrogens with zero attached hydrogens (tertiary/aromatic N) is 2. The van der Waals surface area contributed by atoms with E-state index in [-0.39, 0.29) is 17.6 Å². The molecule has 0 aliphatic carbocycles. The highest BCUT2D eigenvalue weighted by atomic mass is 19.1. The molecule has 1 fully saturated rings. The van der Waals surface area contributed by atoms with Crippen LogP contribution >= 0.6 is 0 Å². The number of hydrogen-bond donors (Lipinski definition) is 1. The number of amides is 1. The largest absolute Gasteiger partial charge is 0.388 e. The van der Waals surface area contributed by atoms with Gasteiger partial charge in [0.05, 0.1) is 12.6 Å². The van der Waals surface area contributed by atoms with Crippen LogP contribution in [-0.4, -0.2) is 54.5 Å². The van der Waals surface area contributed by atoms with Crippen LogP contribution in [0.3, 0.4) is 0 Å². The molecule has 1 aliphatic heterocycles. The molecule has 1 aromatic rings. The van der Waals surface area contributed by atoms with Gasteiger partial charge in [-0.1, -0.05) is 12.1 Å². The summed E-state index contributed by atoms with van der Waals surface area (Å²) in [6, 6.07) is 6.04. The van der Waals surface area contributed by atoms with E-state index < -0.39 is 6.10 Å². The molecule has 0 aromatic heterocycles. The third-order valence-corrected chi connectivity index (χ3v) is 4.15. The number of likely N-dealkylation sites (N-methyl/N-ethyl adjacent to an activating group) is 1. The van der Waals surface area contributed by atoms with Crippen molar-refractivity contribution >= 4 is 5.91 Å². The average Bonchev–Trinajstić information content (AvgIpc) is 2.48. The van der Waals surface area contributed by atoms with Crippen LogP contribution in [-0.2, 0) is 4.79 Å². The third-order valence-electron chi connectivity index (χ3n) is 4.15. The van der Waals surface area contributed by atoms with Gasteiger partial charge in [-0.3, -0.25) is 9.69 Å². The molecule has 5 heteroatoms. The smallest absolute Gasteiger partial charge is 0.236 e. The quantitative estimate of drug-likeness (QED) is 0.918. The zero-order chi connectivity index (χ0) is 15.4. The van der Waals surface area contributed by atoms with Crippen molar-refractivity contribution in [2.75, 3.05) is 33.7 Å². The van der Waals surface area contributed by atoms with Gasteiger partial charge in [-0.15, -0.1) is 0 Å². The summed E-state index contributed by atoms with van der Waals surface area (Å²) < 4.78 is 12.9. The minimum atomic E-state index is -0.558. The maximum absolute atomic E-state index is 12.9. The van der Waals surface area contributed by atoms with E-state index >= 15 is 0 Å². The van der Waals surface area contributed by atoms with Gasteiger partial charge in [0.2, 0.25) is 5.91 Å².